The molecular formula is C10H15NOS. The van der Waals surface area contributed by atoms with Gasteiger partial charge in [-0.1, -0.05) is 24.3 Å². The van der Waals surface area contributed by atoms with Crippen LogP contribution in [0.15, 0.2) is 24.3 Å². The third-order valence-electron chi connectivity index (χ3n) is 1.92. The Balaban J connectivity index is 2.63. The number of hydrogen-bond donors (Lipinski definition) is 1. The fraction of sp³-hybridized carbons (Fsp3) is 0.400. The highest BCUT2D eigenvalue weighted by Gasteiger charge is 2.02. The van der Waals surface area contributed by atoms with Gasteiger partial charge < -0.3 is 5.73 Å². The van der Waals surface area contributed by atoms with Gasteiger partial charge in [-0.25, -0.2) is 0 Å². The van der Waals surface area contributed by atoms with Gasteiger partial charge in [0.05, 0.1) is 0 Å². The van der Waals surface area contributed by atoms with Gasteiger partial charge in [-0.15, -0.1) is 0 Å². The second-order valence-corrected chi connectivity index (χ2v) is 4.58. The molecule has 13 heavy (non-hydrogen) atoms. The largest absolute Gasteiger partial charge is 0.330 e. The fourth-order valence-corrected chi connectivity index (χ4v) is 2.23. The highest BCUT2D eigenvalue weighted by molar-refractivity contribution is 7.84. The van der Waals surface area contributed by atoms with Gasteiger partial charge in [-0.3, -0.25) is 4.21 Å². The van der Waals surface area contributed by atoms with Crippen LogP contribution in [0, 0.1) is 6.92 Å². The number of benzene rings is 1. The van der Waals surface area contributed by atoms with Crippen molar-refractivity contribution < 1.29 is 4.21 Å². The van der Waals surface area contributed by atoms with Crippen molar-refractivity contribution in [2.45, 2.75) is 12.7 Å². The number of nitrogens with two attached hydrogens (primary N) is 1. The Morgan fingerprint density at radius 1 is 1.38 bits per heavy atom. The van der Waals surface area contributed by atoms with E-state index in [1.165, 1.54) is 5.56 Å². The molecule has 1 aromatic carbocycles. The van der Waals surface area contributed by atoms with Crippen LogP contribution in [0.1, 0.15) is 11.1 Å². The summed E-state index contributed by atoms with van der Waals surface area (Å²) < 4.78 is 11.4. The Hall–Kier alpha value is -0.670. The zero-order valence-corrected chi connectivity index (χ0v) is 8.64. The van der Waals surface area contributed by atoms with E-state index >= 15 is 0 Å². The van der Waals surface area contributed by atoms with E-state index in [1.807, 2.05) is 31.2 Å². The van der Waals surface area contributed by atoms with Crippen molar-refractivity contribution in [2.75, 3.05) is 12.3 Å². The van der Waals surface area contributed by atoms with Crippen LogP contribution in [0.3, 0.4) is 0 Å². The van der Waals surface area contributed by atoms with Gasteiger partial charge in [0.25, 0.3) is 0 Å². The van der Waals surface area contributed by atoms with Gasteiger partial charge in [0.1, 0.15) is 0 Å². The topological polar surface area (TPSA) is 43.1 Å². The van der Waals surface area contributed by atoms with Crippen molar-refractivity contribution in [3.8, 4) is 0 Å². The number of hydrogen-bond acceptors (Lipinski definition) is 2. The van der Waals surface area contributed by atoms with Gasteiger partial charge in [0.2, 0.25) is 0 Å². The number of aryl methyl sites for hydroxylation is 1. The molecule has 0 aliphatic carbocycles. The summed E-state index contributed by atoms with van der Waals surface area (Å²) >= 11 is 0. The van der Waals surface area contributed by atoms with E-state index in [1.54, 1.807) is 0 Å². The van der Waals surface area contributed by atoms with Gasteiger partial charge in [0, 0.05) is 28.9 Å². The van der Waals surface area contributed by atoms with Crippen LogP contribution in [-0.2, 0) is 16.6 Å². The maximum absolute atomic E-state index is 11.4. The van der Waals surface area contributed by atoms with Crippen molar-refractivity contribution in [1.29, 1.82) is 0 Å². The summed E-state index contributed by atoms with van der Waals surface area (Å²) in [5.74, 6) is 1.22. The quantitative estimate of drug-likeness (QED) is 0.788. The Labute approximate surface area is 81.6 Å². The summed E-state index contributed by atoms with van der Waals surface area (Å²) in [5, 5.41) is 0. The average molecular weight is 197 g/mol. The third-order valence-corrected chi connectivity index (χ3v) is 3.25. The van der Waals surface area contributed by atoms with E-state index in [2.05, 4.69) is 0 Å². The van der Waals surface area contributed by atoms with Gasteiger partial charge in [-0.2, -0.15) is 0 Å². The molecule has 1 unspecified atom stereocenters. The second kappa shape index (κ2) is 5.14. The van der Waals surface area contributed by atoms with Crippen molar-refractivity contribution in [2.24, 2.45) is 5.73 Å². The van der Waals surface area contributed by atoms with Crippen molar-refractivity contribution >= 4 is 10.8 Å². The predicted octanol–water partition coefficient (Wildman–Crippen LogP) is 1.20. The first-order valence-electron chi connectivity index (χ1n) is 4.33. The van der Waals surface area contributed by atoms with Crippen LogP contribution in [0.5, 0.6) is 0 Å². The highest BCUT2D eigenvalue weighted by atomic mass is 32.2. The fourth-order valence-electron chi connectivity index (χ4n) is 1.15. The molecule has 1 rings (SSSR count). The molecule has 0 saturated carbocycles. The minimum absolute atomic E-state index is 0.499. The van der Waals surface area contributed by atoms with Crippen LogP contribution < -0.4 is 5.73 Å². The number of rotatable bonds is 4. The van der Waals surface area contributed by atoms with E-state index < -0.39 is 10.8 Å². The van der Waals surface area contributed by atoms with Gasteiger partial charge in [0.15, 0.2) is 0 Å². The SMILES string of the molecule is Cc1ccccc1CS(=O)CCN. The van der Waals surface area contributed by atoms with Gasteiger partial charge in [-0.05, 0) is 18.1 Å². The van der Waals surface area contributed by atoms with Crippen LogP contribution in [0.2, 0.25) is 0 Å². The molecule has 1 aromatic rings. The molecule has 0 amide bonds. The minimum atomic E-state index is -0.806. The molecule has 1 atom stereocenters. The smallest absolute Gasteiger partial charge is 0.0488 e. The average Bonchev–Trinajstić information content (AvgIpc) is 2.09. The molecule has 2 N–H and O–H groups in total. The summed E-state index contributed by atoms with van der Waals surface area (Å²) in [7, 11) is -0.806. The molecule has 0 heterocycles. The molecule has 0 spiro atoms. The maximum atomic E-state index is 11.4. The standard InChI is InChI=1S/C10H15NOS/c1-9-4-2-3-5-10(9)8-13(12)7-6-11/h2-5H,6-8,11H2,1H3. The first-order chi connectivity index (χ1) is 6.24. The van der Waals surface area contributed by atoms with Crippen LogP contribution in [0.25, 0.3) is 0 Å². The molecule has 0 aliphatic rings. The molecule has 0 fully saturated rings. The molecule has 3 heteroatoms. The molecule has 0 aliphatic heterocycles. The summed E-state index contributed by atoms with van der Waals surface area (Å²) in [4.78, 5) is 0. The first kappa shape index (κ1) is 10.4. The summed E-state index contributed by atoms with van der Waals surface area (Å²) in [6.45, 7) is 2.54. The molecule has 0 saturated heterocycles. The monoisotopic (exact) mass is 197 g/mol. The van der Waals surface area contributed by atoms with E-state index in [0.717, 1.165) is 5.56 Å². The predicted molar refractivity (Wildman–Crippen MR) is 56.9 cm³/mol. The van der Waals surface area contributed by atoms with E-state index in [-0.39, 0.29) is 0 Å². The Kier molecular flexibility index (Phi) is 4.12. The maximum Gasteiger partial charge on any atom is 0.0488 e. The molecule has 0 aromatic heterocycles. The minimum Gasteiger partial charge on any atom is -0.330 e. The lowest BCUT2D eigenvalue weighted by Crippen LogP contribution is -2.11. The Bertz CT molecular complexity index is 299. The zero-order chi connectivity index (χ0) is 9.68. The van der Waals surface area contributed by atoms with E-state index in [0.29, 0.717) is 18.1 Å². The molecule has 0 radical (unpaired) electrons. The molecular weight excluding hydrogens is 182 g/mol. The molecule has 2 nitrogen and oxygen atoms in total. The van der Waals surface area contributed by atoms with Crippen molar-refractivity contribution in [3.63, 3.8) is 0 Å². The summed E-state index contributed by atoms with van der Waals surface area (Å²) in [5.41, 5.74) is 7.69. The highest BCUT2D eigenvalue weighted by Crippen LogP contribution is 2.09. The van der Waals surface area contributed by atoms with Crippen molar-refractivity contribution in [3.05, 3.63) is 35.4 Å². The lowest BCUT2D eigenvalue weighted by Gasteiger charge is -2.04. The first-order valence-corrected chi connectivity index (χ1v) is 5.82. The van der Waals surface area contributed by atoms with Gasteiger partial charge >= 0.3 is 0 Å². The Morgan fingerprint density at radius 3 is 2.69 bits per heavy atom. The normalized spacial score (nSPS) is 12.8. The zero-order valence-electron chi connectivity index (χ0n) is 7.82. The van der Waals surface area contributed by atoms with Crippen LogP contribution in [-0.4, -0.2) is 16.5 Å². The van der Waals surface area contributed by atoms with Crippen molar-refractivity contribution in [1.82, 2.24) is 0 Å². The second-order valence-electron chi connectivity index (χ2n) is 3.00. The third kappa shape index (κ3) is 3.28. The molecule has 72 valence electrons. The molecule has 0 bridgehead atoms. The lowest BCUT2D eigenvalue weighted by molar-refractivity contribution is 0.682. The van der Waals surface area contributed by atoms with E-state index in [4.69, 9.17) is 5.73 Å². The van der Waals surface area contributed by atoms with E-state index in [9.17, 15) is 4.21 Å². The summed E-state index contributed by atoms with van der Waals surface area (Å²) in [6.07, 6.45) is 0. The lowest BCUT2D eigenvalue weighted by atomic mass is 10.1. The summed E-state index contributed by atoms with van der Waals surface area (Å²) in [6, 6.07) is 8.02. The van der Waals surface area contributed by atoms with Crippen LogP contribution >= 0.6 is 0 Å². The Morgan fingerprint density at radius 2 is 2.08 bits per heavy atom. The van der Waals surface area contributed by atoms with Crippen LogP contribution in [0.4, 0.5) is 0 Å².